The zero-order valence-electron chi connectivity index (χ0n) is 11.0. The lowest BCUT2D eigenvalue weighted by atomic mass is 10.3. The van der Waals surface area contributed by atoms with Gasteiger partial charge in [0.2, 0.25) is 5.95 Å². The van der Waals surface area contributed by atoms with Crippen molar-refractivity contribution < 1.29 is 14.3 Å². The van der Waals surface area contributed by atoms with Crippen molar-refractivity contribution in [3.05, 3.63) is 28.2 Å². The minimum Gasteiger partial charge on any atom is -0.482 e. The Morgan fingerprint density at radius 3 is 2.90 bits per heavy atom. The van der Waals surface area contributed by atoms with Crippen LogP contribution in [0.25, 0.3) is 0 Å². The van der Waals surface area contributed by atoms with E-state index in [9.17, 15) is 4.79 Å². The van der Waals surface area contributed by atoms with E-state index in [1.54, 1.807) is 19.1 Å². The lowest BCUT2D eigenvalue weighted by Gasteiger charge is -2.07. The average molecular weight is 331 g/mol. The summed E-state index contributed by atoms with van der Waals surface area (Å²) < 4.78 is 10.3. The summed E-state index contributed by atoms with van der Waals surface area (Å²) in [5.41, 5.74) is 0. The van der Waals surface area contributed by atoms with Gasteiger partial charge in [-0.15, -0.1) is 5.10 Å². The largest absolute Gasteiger partial charge is 0.482 e. The van der Waals surface area contributed by atoms with Gasteiger partial charge >= 0.3 is 6.01 Å². The highest BCUT2D eigenvalue weighted by molar-refractivity contribution is 6.35. The van der Waals surface area contributed by atoms with Crippen LogP contribution in [0.15, 0.2) is 18.2 Å². The summed E-state index contributed by atoms with van der Waals surface area (Å²) in [6.07, 6.45) is 0. The first-order valence-electron chi connectivity index (χ1n) is 6.01. The molecule has 0 unspecified atom stereocenters. The van der Waals surface area contributed by atoms with Gasteiger partial charge < -0.3 is 9.47 Å². The summed E-state index contributed by atoms with van der Waals surface area (Å²) in [5.74, 6) is 0.123. The summed E-state index contributed by atoms with van der Waals surface area (Å²) in [6, 6.07) is 4.89. The molecular formula is C12H12Cl2N4O3. The molecule has 2 aromatic rings. The number of amides is 1. The Morgan fingerprint density at radius 1 is 1.38 bits per heavy atom. The van der Waals surface area contributed by atoms with Gasteiger partial charge in [0.05, 0.1) is 11.6 Å². The molecule has 0 radical (unpaired) electrons. The summed E-state index contributed by atoms with van der Waals surface area (Å²) in [4.78, 5) is 15.6. The van der Waals surface area contributed by atoms with Crippen molar-refractivity contribution in [2.75, 3.05) is 18.5 Å². The number of nitrogens with one attached hydrogen (secondary N) is 2. The molecule has 1 aromatic carbocycles. The summed E-state index contributed by atoms with van der Waals surface area (Å²) in [5, 5.41) is 9.57. The van der Waals surface area contributed by atoms with E-state index < -0.39 is 5.91 Å². The average Bonchev–Trinajstić information content (AvgIpc) is 2.85. The third kappa shape index (κ3) is 4.51. The normalized spacial score (nSPS) is 10.2. The quantitative estimate of drug-likeness (QED) is 0.849. The maximum Gasteiger partial charge on any atom is 0.337 e. The van der Waals surface area contributed by atoms with E-state index in [1.165, 1.54) is 6.07 Å². The smallest absolute Gasteiger partial charge is 0.337 e. The Morgan fingerprint density at radius 2 is 2.19 bits per heavy atom. The molecule has 1 aromatic heterocycles. The number of hydrogen-bond acceptors (Lipinski definition) is 5. The number of aromatic amines is 1. The van der Waals surface area contributed by atoms with Crippen LogP contribution in [0.2, 0.25) is 10.0 Å². The SMILES string of the molecule is CCOc1n[nH]c(NC(=O)COc2ccc(Cl)cc2Cl)n1. The Kier molecular flexibility index (Phi) is 5.24. The van der Waals surface area contributed by atoms with Crippen LogP contribution in [0.4, 0.5) is 5.95 Å². The molecule has 0 saturated carbocycles. The number of rotatable bonds is 6. The second-order valence-electron chi connectivity index (χ2n) is 3.81. The highest BCUT2D eigenvalue weighted by Gasteiger charge is 2.10. The number of carbonyl (C=O) groups is 1. The fraction of sp³-hybridized carbons (Fsp3) is 0.250. The maximum atomic E-state index is 11.7. The predicted molar refractivity (Wildman–Crippen MR) is 78.1 cm³/mol. The Balaban J connectivity index is 1.86. The van der Waals surface area contributed by atoms with Crippen molar-refractivity contribution in [2.45, 2.75) is 6.92 Å². The number of nitrogens with zero attached hydrogens (tertiary/aromatic N) is 2. The fourth-order valence-electron chi connectivity index (χ4n) is 1.40. The number of carbonyl (C=O) groups excluding carboxylic acids is 1. The molecule has 0 spiro atoms. The summed E-state index contributed by atoms with van der Waals surface area (Å²) >= 11 is 11.7. The lowest BCUT2D eigenvalue weighted by molar-refractivity contribution is -0.118. The molecule has 21 heavy (non-hydrogen) atoms. The number of aromatic nitrogens is 3. The molecule has 2 N–H and O–H groups in total. The molecule has 9 heteroatoms. The molecule has 112 valence electrons. The van der Waals surface area contributed by atoms with Crippen molar-refractivity contribution in [3.8, 4) is 11.8 Å². The minimum atomic E-state index is -0.416. The molecule has 0 bridgehead atoms. The molecule has 0 aliphatic carbocycles. The number of halogens is 2. The molecule has 2 rings (SSSR count). The van der Waals surface area contributed by atoms with E-state index >= 15 is 0 Å². The van der Waals surface area contributed by atoms with Crippen molar-refractivity contribution in [1.82, 2.24) is 15.2 Å². The standard InChI is InChI=1S/C12H12Cl2N4O3/c1-2-20-12-16-11(17-18-12)15-10(19)6-21-9-4-3-7(13)5-8(9)14/h3-5H,2,6H2,1H3,(H2,15,16,17,18,19). The number of benzene rings is 1. The highest BCUT2D eigenvalue weighted by Crippen LogP contribution is 2.27. The van der Waals surface area contributed by atoms with Crippen LogP contribution in [0.3, 0.4) is 0 Å². The number of anilines is 1. The number of hydrogen-bond donors (Lipinski definition) is 2. The number of H-pyrrole nitrogens is 1. The predicted octanol–water partition coefficient (Wildman–Crippen LogP) is 2.53. The van der Waals surface area contributed by atoms with Gasteiger partial charge in [-0.05, 0) is 25.1 Å². The van der Waals surface area contributed by atoms with Gasteiger partial charge in [0.1, 0.15) is 5.75 Å². The van der Waals surface area contributed by atoms with Gasteiger partial charge in [-0.1, -0.05) is 23.2 Å². The van der Waals surface area contributed by atoms with Gasteiger partial charge in [-0.3, -0.25) is 10.1 Å². The van der Waals surface area contributed by atoms with Crippen LogP contribution in [0, 0.1) is 0 Å². The van der Waals surface area contributed by atoms with Crippen molar-refractivity contribution in [2.24, 2.45) is 0 Å². The van der Waals surface area contributed by atoms with E-state index in [2.05, 4.69) is 20.5 Å². The molecule has 0 atom stereocenters. The van der Waals surface area contributed by atoms with Crippen molar-refractivity contribution in [1.29, 1.82) is 0 Å². The van der Waals surface area contributed by atoms with Gasteiger partial charge in [0.25, 0.3) is 5.91 Å². The first-order valence-corrected chi connectivity index (χ1v) is 6.77. The van der Waals surface area contributed by atoms with Crippen LogP contribution in [0.1, 0.15) is 6.92 Å². The minimum absolute atomic E-state index is 0.162. The third-order valence-electron chi connectivity index (χ3n) is 2.25. The van der Waals surface area contributed by atoms with E-state index in [0.29, 0.717) is 22.4 Å². The molecule has 0 fully saturated rings. The summed E-state index contributed by atoms with van der Waals surface area (Å²) in [7, 11) is 0. The van der Waals surface area contributed by atoms with Gasteiger partial charge in [-0.25, -0.2) is 5.10 Å². The van der Waals surface area contributed by atoms with Crippen LogP contribution in [-0.4, -0.2) is 34.3 Å². The molecule has 1 amide bonds. The molecule has 7 nitrogen and oxygen atoms in total. The van der Waals surface area contributed by atoms with E-state index in [-0.39, 0.29) is 18.6 Å². The Labute approximate surface area is 130 Å². The van der Waals surface area contributed by atoms with Crippen LogP contribution in [-0.2, 0) is 4.79 Å². The van der Waals surface area contributed by atoms with Gasteiger partial charge in [0, 0.05) is 5.02 Å². The van der Waals surface area contributed by atoms with E-state index in [1.807, 2.05) is 0 Å². The zero-order chi connectivity index (χ0) is 15.2. The van der Waals surface area contributed by atoms with Crippen molar-refractivity contribution >= 4 is 35.1 Å². The molecule has 0 aliphatic heterocycles. The van der Waals surface area contributed by atoms with Crippen LogP contribution < -0.4 is 14.8 Å². The number of ether oxygens (including phenoxy) is 2. The molecule has 0 aliphatic rings. The van der Waals surface area contributed by atoms with Crippen molar-refractivity contribution in [3.63, 3.8) is 0 Å². The summed E-state index contributed by atoms with van der Waals surface area (Å²) in [6.45, 7) is 2.01. The first-order chi connectivity index (χ1) is 10.1. The molecule has 0 saturated heterocycles. The Hall–Kier alpha value is -1.99. The fourth-order valence-corrected chi connectivity index (χ4v) is 1.86. The first kappa shape index (κ1) is 15.4. The van der Waals surface area contributed by atoms with E-state index in [0.717, 1.165) is 0 Å². The second kappa shape index (κ2) is 7.14. The molecular weight excluding hydrogens is 319 g/mol. The Bertz CT molecular complexity index is 633. The monoisotopic (exact) mass is 330 g/mol. The lowest BCUT2D eigenvalue weighted by Crippen LogP contribution is -2.21. The maximum absolute atomic E-state index is 11.7. The zero-order valence-corrected chi connectivity index (χ0v) is 12.5. The highest BCUT2D eigenvalue weighted by atomic mass is 35.5. The van der Waals surface area contributed by atoms with Gasteiger partial charge in [0.15, 0.2) is 6.61 Å². The van der Waals surface area contributed by atoms with Gasteiger partial charge in [-0.2, -0.15) is 4.98 Å². The molecule has 1 heterocycles. The third-order valence-corrected chi connectivity index (χ3v) is 2.78. The van der Waals surface area contributed by atoms with E-state index in [4.69, 9.17) is 32.7 Å². The van der Waals surface area contributed by atoms with Crippen LogP contribution in [0.5, 0.6) is 11.8 Å². The topological polar surface area (TPSA) is 89.1 Å². The second-order valence-corrected chi connectivity index (χ2v) is 4.65. The van der Waals surface area contributed by atoms with Crippen LogP contribution >= 0.6 is 23.2 Å².